The van der Waals surface area contributed by atoms with Crippen LogP contribution in [0.2, 0.25) is 0 Å². The number of aliphatic hydroxyl groups is 1. The van der Waals surface area contributed by atoms with E-state index in [9.17, 15) is 14.0 Å². The highest BCUT2D eigenvalue weighted by Crippen LogP contribution is 2.47. The first-order chi connectivity index (χ1) is 7.46. The van der Waals surface area contributed by atoms with Crippen LogP contribution in [0.15, 0.2) is 15.8 Å². The lowest BCUT2D eigenvalue weighted by atomic mass is 10.3. The zero-order valence-electron chi connectivity index (χ0n) is 8.86. The van der Waals surface area contributed by atoms with Gasteiger partial charge in [0.1, 0.15) is 5.67 Å². The number of hydrogen-bond donors (Lipinski definition) is 2. The molecule has 5 nitrogen and oxygen atoms in total. The molecule has 1 aliphatic carbocycles. The predicted molar refractivity (Wildman–Crippen MR) is 55.1 cm³/mol. The fourth-order valence-corrected chi connectivity index (χ4v) is 1.79. The van der Waals surface area contributed by atoms with Gasteiger partial charge in [-0.2, -0.15) is 0 Å². The average molecular weight is 228 g/mol. The molecule has 1 fully saturated rings. The SMILES string of the molecule is Cc1cn(C[C@@]2(F)C[C@H]2CO)c(=O)[nH]c1=O. The van der Waals surface area contributed by atoms with Crippen LogP contribution in [-0.2, 0) is 6.54 Å². The molecule has 2 atom stereocenters. The molecule has 88 valence electrons. The number of hydrogen-bond acceptors (Lipinski definition) is 3. The summed E-state index contributed by atoms with van der Waals surface area (Å²) >= 11 is 0. The van der Waals surface area contributed by atoms with Crippen molar-refractivity contribution >= 4 is 0 Å². The number of nitrogens with one attached hydrogen (secondary N) is 1. The number of H-pyrrole nitrogens is 1. The van der Waals surface area contributed by atoms with Gasteiger partial charge < -0.3 is 5.11 Å². The maximum atomic E-state index is 13.9. The van der Waals surface area contributed by atoms with Crippen LogP contribution in [0, 0.1) is 12.8 Å². The molecule has 1 aliphatic rings. The molecular weight excluding hydrogens is 215 g/mol. The summed E-state index contributed by atoms with van der Waals surface area (Å²) in [7, 11) is 0. The number of aryl methyl sites for hydroxylation is 1. The minimum atomic E-state index is -1.51. The standard InChI is InChI=1S/C10H13FN2O3/c1-6-3-13(9(16)12-8(6)15)5-10(11)2-7(10)4-14/h3,7,14H,2,4-5H2,1H3,(H,12,15,16)/t7-,10-/m0/s1. The van der Waals surface area contributed by atoms with E-state index in [0.717, 1.165) is 4.57 Å². The number of aliphatic hydroxyl groups excluding tert-OH is 1. The highest BCUT2D eigenvalue weighted by atomic mass is 19.1. The number of aromatic amines is 1. The Kier molecular flexibility index (Phi) is 2.46. The summed E-state index contributed by atoms with van der Waals surface area (Å²) in [4.78, 5) is 24.6. The van der Waals surface area contributed by atoms with Crippen molar-refractivity contribution in [3.63, 3.8) is 0 Å². The van der Waals surface area contributed by atoms with Crippen LogP contribution in [0.4, 0.5) is 4.39 Å². The number of aromatic nitrogens is 2. The minimum Gasteiger partial charge on any atom is -0.396 e. The van der Waals surface area contributed by atoms with Gasteiger partial charge in [-0.1, -0.05) is 0 Å². The van der Waals surface area contributed by atoms with Crippen molar-refractivity contribution in [2.45, 2.75) is 25.6 Å². The van der Waals surface area contributed by atoms with Crippen molar-refractivity contribution in [2.24, 2.45) is 5.92 Å². The molecule has 0 amide bonds. The van der Waals surface area contributed by atoms with Crippen molar-refractivity contribution in [2.75, 3.05) is 6.61 Å². The van der Waals surface area contributed by atoms with Gasteiger partial charge in [0.25, 0.3) is 5.56 Å². The third-order valence-electron chi connectivity index (χ3n) is 3.00. The normalized spacial score (nSPS) is 28.1. The lowest BCUT2D eigenvalue weighted by Crippen LogP contribution is -2.34. The van der Waals surface area contributed by atoms with E-state index < -0.39 is 22.8 Å². The van der Waals surface area contributed by atoms with Crippen LogP contribution in [0.3, 0.4) is 0 Å². The summed E-state index contributed by atoms with van der Waals surface area (Å²) in [6.07, 6.45) is 1.60. The van der Waals surface area contributed by atoms with E-state index in [1.165, 1.54) is 6.20 Å². The maximum absolute atomic E-state index is 13.9. The summed E-state index contributed by atoms with van der Waals surface area (Å²) in [5.41, 5.74) is -2.22. The first-order valence-corrected chi connectivity index (χ1v) is 5.06. The first-order valence-electron chi connectivity index (χ1n) is 5.06. The number of rotatable bonds is 3. The Balaban J connectivity index is 2.27. The topological polar surface area (TPSA) is 75.1 Å². The quantitative estimate of drug-likeness (QED) is 0.736. The van der Waals surface area contributed by atoms with Crippen molar-refractivity contribution in [3.05, 3.63) is 32.6 Å². The largest absolute Gasteiger partial charge is 0.396 e. The molecule has 1 saturated carbocycles. The highest BCUT2D eigenvalue weighted by Gasteiger charge is 2.55. The molecule has 0 spiro atoms. The monoisotopic (exact) mass is 228 g/mol. The van der Waals surface area contributed by atoms with E-state index in [2.05, 4.69) is 4.98 Å². The zero-order valence-corrected chi connectivity index (χ0v) is 8.86. The fourth-order valence-electron chi connectivity index (χ4n) is 1.79. The maximum Gasteiger partial charge on any atom is 0.328 e. The van der Waals surface area contributed by atoms with Gasteiger partial charge in [0.05, 0.1) is 6.54 Å². The van der Waals surface area contributed by atoms with Crippen LogP contribution in [0.1, 0.15) is 12.0 Å². The van der Waals surface area contributed by atoms with Crippen molar-refractivity contribution < 1.29 is 9.50 Å². The van der Waals surface area contributed by atoms with Gasteiger partial charge in [-0.15, -0.1) is 0 Å². The van der Waals surface area contributed by atoms with Crippen LogP contribution in [0.25, 0.3) is 0 Å². The van der Waals surface area contributed by atoms with E-state index >= 15 is 0 Å². The Morgan fingerprint density at radius 2 is 2.38 bits per heavy atom. The summed E-state index contributed by atoms with van der Waals surface area (Å²) in [5.74, 6) is -0.397. The third-order valence-corrected chi connectivity index (χ3v) is 3.00. The van der Waals surface area contributed by atoms with Crippen LogP contribution < -0.4 is 11.2 Å². The smallest absolute Gasteiger partial charge is 0.328 e. The van der Waals surface area contributed by atoms with Crippen LogP contribution in [0.5, 0.6) is 0 Å². The average Bonchev–Trinajstić information content (AvgIpc) is 2.86. The van der Waals surface area contributed by atoms with Crippen molar-refractivity contribution in [1.29, 1.82) is 0 Å². The summed E-state index contributed by atoms with van der Waals surface area (Å²) in [5, 5.41) is 8.80. The summed E-state index contributed by atoms with van der Waals surface area (Å²) < 4.78 is 15.0. The molecule has 16 heavy (non-hydrogen) atoms. The van der Waals surface area contributed by atoms with Gasteiger partial charge in [-0.3, -0.25) is 14.3 Å². The van der Waals surface area contributed by atoms with Crippen LogP contribution >= 0.6 is 0 Å². The Morgan fingerprint density at radius 3 is 2.94 bits per heavy atom. The molecule has 2 rings (SSSR count). The highest BCUT2D eigenvalue weighted by molar-refractivity contribution is 5.06. The van der Waals surface area contributed by atoms with Gasteiger partial charge in [0, 0.05) is 24.3 Å². The fraction of sp³-hybridized carbons (Fsp3) is 0.600. The summed E-state index contributed by atoms with van der Waals surface area (Å²) in [6, 6.07) is 0. The third kappa shape index (κ3) is 1.80. The molecule has 0 aromatic carbocycles. The Morgan fingerprint density at radius 1 is 1.69 bits per heavy atom. The number of halogens is 1. The van der Waals surface area contributed by atoms with Gasteiger partial charge >= 0.3 is 5.69 Å². The van der Waals surface area contributed by atoms with E-state index in [0.29, 0.717) is 5.56 Å². The lowest BCUT2D eigenvalue weighted by Gasteiger charge is -2.09. The second kappa shape index (κ2) is 3.55. The van der Waals surface area contributed by atoms with E-state index in [1.54, 1.807) is 6.92 Å². The molecule has 0 saturated heterocycles. The van der Waals surface area contributed by atoms with Crippen molar-refractivity contribution in [3.8, 4) is 0 Å². The molecule has 0 aliphatic heterocycles. The molecule has 2 N–H and O–H groups in total. The lowest BCUT2D eigenvalue weighted by molar-refractivity contribution is 0.191. The molecule has 1 aromatic rings. The molecule has 0 unspecified atom stereocenters. The number of nitrogens with zero attached hydrogens (tertiary/aromatic N) is 1. The second-order valence-electron chi connectivity index (χ2n) is 4.32. The first kappa shape index (κ1) is 11.1. The minimum absolute atomic E-state index is 0.116. The summed E-state index contributed by atoms with van der Waals surface area (Å²) in [6.45, 7) is 1.22. The van der Waals surface area contributed by atoms with Gasteiger partial charge in [-0.25, -0.2) is 9.18 Å². The molecular formula is C10H13FN2O3. The van der Waals surface area contributed by atoms with Crippen molar-refractivity contribution in [1.82, 2.24) is 9.55 Å². The molecule has 1 aromatic heterocycles. The zero-order chi connectivity index (χ0) is 11.9. The Bertz CT molecular complexity index is 522. The molecule has 6 heteroatoms. The predicted octanol–water partition coefficient (Wildman–Crippen LogP) is -0.434. The van der Waals surface area contributed by atoms with E-state index in [1.807, 2.05) is 0 Å². The van der Waals surface area contributed by atoms with Gasteiger partial charge in [0.15, 0.2) is 0 Å². The van der Waals surface area contributed by atoms with E-state index in [4.69, 9.17) is 5.11 Å². The molecule has 1 heterocycles. The Labute approximate surface area is 90.5 Å². The van der Waals surface area contributed by atoms with Gasteiger partial charge in [-0.05, 0) is 13.3 Å². The van der Waals surface area contributed by atoms with Gasteiger partial charge in [0.2, 0.25) is 0 Å². The Hall–Kier alpha value is -1.43. The van der Waals surface area contributed by atoms with Crippen LogP contribution in [-0.4, -0.2) is 26.9 Å². The van der Waals surface area contributed by atoms with E-state index in [-0.39, 0.29) is 19.6 Å². The number of alkyl halides is 1. The second-order valence-corrected chi connectivity index (χ2v) is 4.32. The molecule has 0 bridgehead atoms. The molecule has 0 radical (unpaired) electrons.